The number of carbonyl (C=O) groups excluding carboxylic acids is 1. The molecule has 0 saturated carbocycles. The first-order chi connectivity index (χ1) is 9.04. The van der Waals surface area contributed by atoms with Gasteiger partial charge in [0.05, 0.1) is 34.1 Å². The van der Waals surface area contributed by atoms with E-state index in [0.717, 1.165) is 16.7 Å². The lowest BCUT2D eigenvalue weighted by molar-refractivity contribution is 0.0775. The molecule has 1 N–H and O–H groups in total. The topological polar surface area (TPSA) is 66.8 Å². The van der Waals surface area contributed by atoms with Crippen molar-refractivity contribution in [2.75, 3.05) is 7.05 Å². The highest BCUT2D eigenvalue weighted by atomic mass is 79.9. The molecule has 102 valence electrons. The third-order valence-corrected chi connectivity index (χ3v) is 3.69. The third-order valence-electron chi connectivity index (χ3n) is 2.74. The monoisotopic (exact) mass is 345 g/mol. The minimum Gasteiger partial charge on any atom is -0.334 e. The van der Waals surface area contributed by atoms with E-state index in [1.165, 1.54) is 6.20 Å². The minimum absolute atomic E-state index is 0.210. The van der Waals surface area contributed by atoms with Crippen LogP contribution in [-0.4, -0.2) is 37.8 Å². The van der Waals surface area contributed by atoms with Crippen LogP contribution in [0.5, 0.6) is 0 Å². The average Bonchev–Trinajstić information content (AvgIpc) is 2.96. The van der Waals surface area contributed by atoms with Crippen LogP contribution in [0.3, 0.4) is 0 Å². The molecule has 0 fully saturated rings. The molecule has 2 aromatic heterocycles. The Morgan fingerprint density at radius 2 is 2.32 bits per heavy atom. The second kappa shape index (κ2) is 5.75. The summed E-state index contributed by atoms with van der Waals surface area (Å²) in [5, 5.41) is 10.9. The van der Waals surface area contributed by atoms with Crippen LogP contribution in [0.25, 0.3) is 0 Å². The fraction of sp³-hybridized carbons (Fsp3) is 0.364. The summed E-state index contributed by atoms with van der Waals surface area (Å²) in [5.41, 5.74) is 1.23. The van der Waals surface area contributed by atoms with Gasteiger partial charge in [0, 0.05) is 13.6 Å². The molecule has 0 radical (unpaired) electrons. The molecule has 0 aliphatic heterocycles. The number of amides is 1. The van der Waals surface area contributed by atoms with Gasteiger partial charge < -0.3 is 4.90 Å². The first kappa shape index (κ1) is 14.1. The number of hydrogen-bond acceptors (Lipinski definition) is 3. The summed E-state index contributed by atoms with van der Waals surface area (Å²) in [6.45, 7) is 3.17. The van der Waals surface area contributed by atoms with Crippen LogP contribution >= 0.6 is 27.5 Å². The van der Waals surface area contributed by atoms with Gasteiger partial charge in [-0.2, -0.15) is 10.2 Å². The van der Waals surface area contributed by atoms with Crippen molar-refractivity contribution in [1.82, 2.24) is 24.9 Å². The molecule has 0 unspecified atom stereocenters. The lowest BCUT2D eigenvalue weighted by atomic mass is 10.3. The fourth-order valence-corrected chi connectivity index (χ4v) is 2.32. The number of nitrogens with zero attached hydrogens (tertiary/aromatic N) is 4. The van der Waals surface area contributed by atoms with Gasteiger partial charge in [0.2, 0.25) is 0 Å². The molecular weight excluding hydrogens is 334 g/mol. The molecule has 1 amide bonds. The van der Waals surface area contributed by atoms with Crippen LogP contribution in [0.4, 0.5) is 0 Å². The normalized spacial score (nSPS) is 10.7. The fourth-order valence-electron chi connectivity index (χ4n) is 1.73. The molecule has 0 spiro atoms. The number of aromatic nitrogens is 4. The molecule has 6 nitrogen and oxygen atoms in total. The van der Waals surface area contributed by atoms with Gasteiger partial charge in [0.1, 0.15) is 5.69 Å². The van der Waals surface area contributed by atoms with Crippen molar-refractivity contribution in [3.05, 3.63) is 33.3 Å². The Hall–Kier alpha value is -1.34. The van der Waals surface area contributed by atoms with Crippen molar-refractivity contribution < 1.29 is 4.79 Å². The summed E-state index contributed by atoms with van der Waals surface area (Å²) in [4.78, 5) is 13.8. The number of aryl methyl sites for hydroxylation is 1. The molecule has 0 aliphatic carbocycles. The van der Waals surface area contributed by atoms with E-state index in [-0.39, 0.29) is 5.91 Å². The minimum atomic E-state index is -0.210. The largest absolute Gasteiger partial charge is 0.334 e. The number of H-pyrrole nitrogens is 1. The van der Waals surface area contributed by atoms with Crippen LogP contribution in [0.1, 0.15) is 23.1 Å². The Labute approximate surface area is 123 Å². The number of halogens is 2. The Bertz CT molecular complexity index is 594. The smallest absolute Gasteiger partial charge is 0.273 e. The lowest BCUT2D eigenvalue weighted by Gasteiger charge is -2.17. The van der Waals surface area contributed by atoms with Crippen molar-refractivity contribution in [1.29, 1.82) is 0 Å². The summed E-state index contributed by atoms with van der Waals surface area (Å²) in [5.74, 6) is -0.210. The zero-order chi connectivity index (χ0) is 14.0. The van der Waals surface area contributed by atoms with Crippen LogP contribution in [-0.2, 0) is 13.1 Å². The highest BCUT2D eigenvalue weighted by Gasteiger charge is 2.19. The standard InChI is InChI=1S/C11H13BrClN5O/c1-3-18-9(7(12)4-15-18)6-17(2)11(19)10-8(13)5-14-16-10/h4-5H,3,6H2,1-2H3,(H,14,16). The number of rotatable bonds is 4. The maximum atomic E-state index is 12.2. The molecule has 19 heavy (non-hydrogen) atoms. The van der Waals surface area contributed by atoms with Gasteiger partial charge in [0.15, 0.2) is 0 Å². The van der Waals surface area contributed by atoms with Gasteiger partial charge in [-0.25, -0.2) is 0 Å². The molecule has 0 aromatic carbocycles. The maximum Gasteiger partial charge on any atom is 0.273 e. The second-order valence-corrected chi connectivity index (χ2v) is 5.27. The Kier molecular flexibility index (Phi) is 4.26. The van der Waals surface area contributed by atoms with E-state index in [4.69, 9.17) is 11.6 Å². The molecule has 0 aliphatic rings. The van der Waals surface area contributed by atoms with Crippen LogP contribution in [0.15, 0.2) is 16.9 Å². The third kappa shape index (κ3) is 2.82. The molecule has 2 aromatic rings. The summed E-state index contributed by atoms with van der Waals surface area (Å²) in [6, 6.07) is 0. The van der Waals surface area contributed by atoms with Gasteiger partial charge in [-0.1, -0.05) is 11.6 Å². The lowest BCUT2D eigenvalue weighted by Crippen LogP contribution is -2.28. The molecule has 2 heterocycles. The summed E-state index contributed by atoms with van der Waals surface area (Å²) in [7, 11) is 1.71. The summed E-state index contributed by atoms with van der Waals surface area (Å²) < 4.78 is 2.72. The van der Waals surface area contributed by atoms with Gasteiger partial charge in [-0.15, -0.1) is 0 Å². The van der Waals surface area contributed by atoms with Crippen molar-refractivity contribution in [3.63, 3.8) is 0 Å². The predicted octanol–water partition coefficient (Wildman–Crippen LogP) is 2.31. The zero-order valence-electron chi connectivity index (χ0n) is 10.5. The summed E-state index contributed by atoms with van der Waals surface area (Å²) in [6.07, 6.45) is 3.13. The molecule has 8 heteroatoms. The van der Waals surface area contributed by atoms with Gasteiger partial charge in [-0.05, 0) is 22.9 Å². The average molecular weight is 347 g/mol. The van der Waals surface area contributed by atoms with Gasteiger partial charge in [0.25, 0.3) is 5.91 Å². The SMILES string of the molecule is CCn1ncc(Br)c1CN(C)C(=O)c1[nH]ncc1Cl. The molecule has 2 rings (SSSR count). The van der Waals surface area contributed by atoms with Crippen LogP contribution in [0.2, 0.25) is 5.02 Å². The van der Waals surface area contributed by atoms with Crippen molar-refractivity contribution in [2.45, 2.75) is 20.0 Å². The van der Waals surface area contributed by atoms with E-state index in [0.29, 0.717) is 17.3 Å². The second-order valence-electron chi connectivity index (χ2n) is 4.01. The van der Waals surface area contributed by atoms with Gasteiger partial charge >= 0.3 is 0 Å². The van der Waals surface area contributed by atoms with Crippen molar-refractivity contribution >= 4 is 33.4 Å². The highest BCUT2D eigenvalue weighted by molar-refractivity contribution is 9.10. The highest BCUT2D eigenvalue weighted by Crippen LogP contribution is 2.19. The van der Waals surface area contributed by atoms with Crippen LogP contribution < -0.4 is 0 Å². The first-order valence-electron chi connectivity index (χ1n) is 5.69. The molecular formula is C11H13BrClN5O. The first-order valence-corrected chi connectivity index (χ1v) is 6.86. The maximum absolute atomic E-state index is 12.2. The number of carbonyl (C=O) groups is 1. The van der Waals surface area contributed by atoms with E-state index in [1.54, 1.807) is 18.1 Å². The molecule has 0 bridgehead atoms. The number of nitrogens with one attached hydrogen (secondary N) is 1. The number of aromatic amines is 1. The molecule has 0 atom stereocenters. The van der Waals surface area contributed by atoms with E-state index in [9.17, 15) is 4.79 Å². The Morgan fingerprint density at radius 1 is 1.58 bits per heavy atom. The van der Waals surface area contributed by atoms with Crippen molar-refractivity contribution in [3.8, 4) is 0 Å². The van der Waals surface area contributed by atoms with Gasteiger partial charge in [-0.3, -0.25) is 14.6 Å². The zero-order valence-corrected chi connectivity index (χ0v) is 12.9. The Balaban J connectivity index is 2.17. The van der Waals surface area contributed by atoms with Crippen LogP contribution in [0, 0.1) is 0 Å². The molecule has 0 saturated heterocycles. The van der Waals surface area contributed by atoms with E-state index < -0.39 is 0 Å². The Morgan fingerprint density at radius 3 is 2.89 bits per heavy atom. The number of hydrogen-bond donors (Lipinski definition) is 1. The predicted molar refractivity (Wildman–Crippen MR) is 75.0 cm³/mol. The quantitative estimate of drug-likeness (QED) is 0.924. The van der Waals surface area contributed by atoms with E-state index in [1.807, 2.05) is 11.6 Å². The van der Waals surface area contributed by atoms with Crippen molar-refractivity contribution in [2.24, 2.45) is 0 Å². The summed E-state index contributed by atoms with van der Waals surface area (Å²) >= 11 is 9.31. The van der Waals surface area contributed by atoms with E-state index >= 15 is 0 Å². The van der Waals surface area contributed by atoms with E-state index in [2.05, 4.69) is 31.2 Å².